The zero-order valence-corrected chi connectivity index (χ0v) is 11.6. The predicted molar refractivity (Wildman–Crippen MR) is 68.8 cm³/mol. The van der Waals surface area contributed by atoms with Crippen LogP contribution < -0.4 is 0 Å². The number of hydrogen-bond acceptors (Lipinski definition) is 3. The molecule has 5 nitrogen and oxygen atoms in total. The Hall–Kier alpha value is -0.810. The maximum absolute atomic E-state index is 11.4. The summed E-state index contributed by atoms with van der Waals surface area (Å²) in [6, 6.07) is 0.721. The highest BCUT2D eigenvalue weighted by atomic mass is 16.5. The lowest BCUT2D eigenvalue weighted by molar-refractivity contribution is -0.0419. The maximum atomic E-state index is 11.4. The van der Waals surface area contributed by atoms with Crippen LogP contribution in [0.4, 0.5) is 4.79 Å². The van der Waals surface area contributed by atoms with Crippen LogP contribution >= 0.6 is 0 Å². The van der Waals surface area contributed by atoms with Crippen LogP contribution in [0.1, 0.15) is 33.6 Å². The van der Waals surface area contributed by atoms with Crippen molar-refractivity contribution >= 4 is 6.09 Å². The maximum Gasteiger partial charge on any atom is 0.407 e. The van der Waals surface area contributed by atoms with E-state index in [2.05, 4.69) is 4.90 Å². The molecule has 104 valence electrons. The Morgan fingerprint density at radius 3 is 2.28 bits per heavy atom. The van der Waals surface area contributed by atoms with Gasteiger partial charge in [0, 0.05) is 30.7 Å². The highest BCUT2D eigenvalue weighted by molar-refractivity contribution is 5.66. The Morgan fingerprint density at radius 1 is 1.28 bits per heavy atom. The van der Waals surface area contributed by atoms with E-state index in [4.69, 9.17) is 4.74 Å². The second-order valence-electron chi connectivity index (χ2n) is 6.25. The van der Waals surface area contributed by atoms with Crippen molar-refractivity contribution in [1.29, 1.82) is 0 Å². The lowest BCUT2D eigenvalue weighted by Crippen LogP contribution is -2.61. The number of ether oxygens (including phenoxy) is 1. The van der Waals surface area contributed by atoms with E-state index in [1.807, 2.05) is 20.8 Å². The van der Waals surface area contributed by atoms with Crippen molar-refractivity contribution < 1.29 is 14.6 Å². The molecule has 2 fully saturated rings. The number of morpholine rings is 1. The van der Waals surface area contributed by atoms with Crippen molar-refractivity contribution in [3.8, 4) is 0 Å². The highest BCUT2D eigenvalue weighted by Crippen LogP contribution is 2.34. The predicted octanol–water partition coefficient (Wildman–Crippen LogP) is 1.63. The van der Waals surface area contributed by atoms with E-state index < -0.39 is 6.09 Å². The quantitative estimate of drug-likeness (QED) is 0.816. The molecular formula is C13H24N2O3. The van der Waals surface area contributed by atoms with Gasteiger partial charge < -0.3 is 14.7 Å². The normalized spacial score (nSPS) is 29.7. The molecule has 0 radical (unpaired) electrons. The van der Waals surface area contributed by atoms with Crippen molar-refractivity contribution in [3.63, 3.8) is 0 Å². The Kier molecular flexibility index (Phi) is 3.82. The number of carbonyl (C=O) groups is 1. The SMILES string of the molecule is CC(C)(C)N(C(=O)O)C1CC(N2CCOCC2)C1. The van der Waals surface area contributed by atoms with Crippen LogP contribution in [0.15, 0.2) is 0 Å². The van der Waals surface area contributed by atoms with Crippen LogP contribution in [0, 0.1) is 0 Å². The average molecular weight is 256 g/mol. The van der Waals surface area contributed by atoms with Crippen LogP contribution in [0.25, 0.3) is 0 Å². The molecule has 0 aromatic carbocycles. The largest absolute Gasteiger partial charge is 0.465 e. The number of amides is 1. The summed E-state index contributed by atoms with van der Waals surface area (Å²) in [7, 11) is 0. The van der Waals surface area contributed by atoms with Crippen molar-refractivity contribution in [3.05, 3.63) is 0 Å². The average Bonchev–Trinajstić information content (AvgIpc) is 2.21. The van der Waals surface area contributed by atoms with Gasteiger partial charge in [0.25, 0.3) is 0 Å². The highest BCUT2D eigenvalue weighted by Gasteiger charge is 2.43. The van der Waals surface area contributed by atoms with E-state index in [0.717, 1.165) is 39.1 Å². The van der Waals surface area contributed by atoms with Gasteiger partial charge in [-0.25, -0.2) is 4.79 Å². The van der Waals surface area contributed by atoms with E-state index >= 15 is 0 Å². The van der Waals surface area contributed by atoms with E-state index in [9.17, 15) is 9.90 Å². The topological polar surface area (TPSA) is 53.0 Å². The Bertz CT molecular complexity index is 302. The zero-order valence-electron chi connectivity index (χ0n) is 11.6. The molecule has 1 aliphatic carbocycles. The zero-order chi connectivity index (χ0) is 13.3. The van der Waals surface area contributed by atoms with Gasteiger partial charge in [-0.05, 0) is 33.6 Å². The first-order valence-electron chi connectivity index (χ1n) is 6.73. The molecule has 1 N–H and O–H groups in total. The minimum Gasteiger partial charge on any atom is -0.465 e. The van der Waals surface area contributed by atoms with Crippen molar-refractivity contribution in [2.45, 2.75) is 51.2 Å². The van der Waals surface area contributed by atoms with E-state index in [0.29, 0.717) is 6.04 Å². The molecule has 1 aliphatic heterocycles. The van der Waals surface area contributed by atoms with Gasteiger partial charge in [-0.2, -0.15) is 0 Å². The third-order valence-electron chi connectivity index (χ3n) is 3.94. The van der Waals surface area contributed by atoms with Crippen molar-refractivity contribution in [2.24, 2.45) is 0 Å². The minimum absolute atomic E-state index is 0.176. The van der Waals surface area contributed by atoms with Gasteiger partial charge in [-0.1, -0.05) is 0 Å². The van der Waals surface area contributed by atoms with Crippen LogP contribution in [-0.2, 0) is 4.74 Å². The van der Waals surface area contributed by atoms with Crippen LogP contribution in [0.2, 0.25) is 0 Å². The molecule has 5 heteroatoms. The fourth-order valence-electron chi connectivity index (χ4n) is 3.00. The van der Waals surface area contributed by atoms with E-state index in [-0.39, 0.29) is 11.6 Å². The summed E-state index contributed by atoms with van der Waals surface area (Å²) < 4.78 is 5.34. The number of carboxylic acid groups (broad SMARTS) is 1. The van der Waals surface area contributed by atoms with Crippen LogP contribution in [-0.4, -0.2) is 64.9 Å². The fraction of sp³-hybridized carbons (Fsp3) is 0.923. The first-order chi connectivity index (χ1) is 8.39. The number of rotatable bonds is 2. The number of hydrogen-bond donors (Lipinski definition) is 1. The molecule has 0 atom stereocenters. The molecule has 2 rings (SSSR count). The summed E-state index contributed by atoms with van der Waals surface area (Å²) in [5.74, 6) is 0. The van der Waals surface area contributed by atoms with Gasteiger partial charge >= 0.3 is 6.09 Å². The molecule has 0 aromatic rings. The smallest absolute Gasteiger partial charge is 0.407 e. The van der Waals surface area contributed by atoms with Gasteiger partial charge in [-0.15, -0.1) is 0 Å². The van der Waals surface area contributed by atoms with Gasteiger partial charge in [-0.3, -0.25) is 4.90 Å². The summed E-state index contributed by atoms with van der Waals surface area (Å²) in [5.41, 5.74) is -0.313. The second kappa shape index (κ2) is 5.05. The van der Waals surface area contributed by atoms with Crippen molar-refractivity contribution in [1.82, 2.24) is 9.80 Å². The van der Waals surface area contributed by atoms with Crippen LogP contribution in [0.3, 0.4) is 0 Å². The lowest BCUT2D eigenvalue weighted by Gasteiger charge is -2.51. The van der Waals surface area contributed by atoms with Crippen LogP contribution in [0.5, 0.6) is 0 Å². The molecule has 0 spiro atoms. The standard InChI is InChI=1S/C13H24N2O3/c1-13(2,3)15(12(16)17)11-8-10(9-11)14-4-6-18-7-5-14/h10-11H,4-9H2,1-3H3,(H,16,17). The van der Waals surface area contributed by atoms with Gasteiger partial charge in [0.05, 0.1) is 13.2 Å². The van der Waals surface area contributed by atoms with Gasteiger partial charge in [0.1, 0.15) is 0 Å². The summed E-state index contributed by atoms with van der Waals surface area (Å²) in [5, 5.41) is 9.33. The monoisotopic (exact) mass is 256 g/mol. The molecular weight excluding hydrogens is 232 g/mol. The summed E-state index contributed by atoms with van der Waals surface area (Å²) in [6.45, 7) is 9.47. The Balaban J connectivity index is 1.88. The van der Waals surface area contributed by atoms with E-state index in [1.165, 1.54) is 0 Å². The molecule has 1 heterocycles. The van der Waals surface area contributed by atoms with E-state index in [1.54, 1.807) is 4.90 Å². The third-order valence-corrected chi connectivity index (χ3v) is 3.94. The fourth-order valence-corrected chi connectivity index (χ4v) is 3.00. The Labute approximate surface area is 109 Å². The molecule has 2 aliphatic rings. The molecule has 1 saturated carbocycles. The summed E-state index contributed by atoms with van der Waals surface area (Å²) in [4.78, 5) is 15.4. The van der Waals surface area contributed by atoms with Gasteiger partial charge in [0.2, 0.25) is 0 Å². The van der Waals surface area contributed by atoms with Gasteiger partial charge in [0.15, 0.2) is 0 Å². The second-order valence-corrected chi connectivity index (χ2v) is 6.25. The van der Waals surface area contributed by atoms with Crippen molar-refractivity contribution in [2.75, 3.05) is 26.3 Å². The molecule has 0 bridgehead atoms. The minimum atomic E-state index is -0.798. The third kappa shape index (κ3) is 2.78. The molecule has 18 heavy (non-hydrogen) atoms. The number of nitrogens with zero attached hydrogens (tertiary/aromatic N) is 2. The molecule has 1 amide bonds. The summed E-state index contributed by atoms with van der Waals surface area (Å²) >= 11 is 0. The molecule has 0 aromatic heterocycles. The molecule has 0 unspecified atom stereocenters. The Morgan fingerprint density at radius 2 is 1.83 bits per heavy atom. The first-order valence-corrected chi connectivity index (χ1v) is 6.73. The lowest BCUT2D eigenvalue weighted by atomic mass is 9.82. The first kappa shape index (κ1) is 13.6. The summed E-state index contributed by atoms with van der Waals surface area (Å²) in [6.07, 6.45) is 1.13. The molecule has 1 saturated heterocycles.